The standard InChI is InChI=1S/C27H23Cl2F2N3O3S/c1-4-8-33-26(18-6-5-7-23(25(18)31)38(3,36)37)22(30)14-34-15(2)9-21(24(29)27(34)35)20-11-19(20)16-10-17(28)13-32-12-16/h4-10,12-14,19-20H,11H2,1-3H3/b8-4+,22-14-,33-26+. The van der Waals surface area contributed by atoms with E-state index in [0.717, 1.165) is 35.1 Å². The quantitative estimate of drug-likeness (QED) is 0.301. The second-order valence-corrected chi connectivity index (χ2v) is 11.7. The van der Waals surface area contributed by atoms with E-state index >= 15 is 8.78 Å². The Bertz CT molecular complexity index is 1680. The Morgan fingerprint density at radius 2 is 1.95 bits per heavy atom. The van der Waals surface area contributed by atoms with Gasteiger partial charge in [-0.15, -0.1) is 0 Å². The third-order valence-corrected chi connectivity index (χ3v) is 7.89. The molecule has 38 heavy (non-hydrogen) atoms. The third-order valence-electron chi connectivity index (χ3n) is 6.19. The molecule has 2 aromatic heterocycles. The van der Waals surface area contributed by atoms with Gasteiger partial charge in [-0.05, 0) is 67.5 Å². The van der Waals surface area contributed by atoms with Crippen LogP contribution in [0.5, 0.6) is 0 Å². The summed E-state index contributed by atoms with van der Waals surface area (Å²) < 4.78 is 55.7. The zero-order valence-electron chi connectivity index (χ0n) is 20.6. The number of aromatic nitrogens is 2. The van der Waals surface area contributed by atoms with Gasteiger partial charge in [-0.2, -0.15) is 0 Å². The summed E-state index contributed by atoms with van der Waals surface area (Å²) >= 11 is 12.5. The number of halogens is 4. The number of hydrogen-bond donors (Lipinski definition) is 0. The highest BCUT2D eigenvalue weighted by atomic mass is 35.5. The Kier molecular flexibility index (Phi) is 8.01. The zero-order valence-corrected chi connectivity index (χ0v) is 23.0. The summed E-state index contributed by atoms with van der Waals surface area (Å²) in [5.41, 5.74) is 0.475. The van der Waals surface area contributed by atoms with Crippen molar-refractivity contribution < 1.29 is 17.2 Å². The van der Waals surface area contributed by atoms with E-state index in [4.69, 9.17) is 23.2 Å². The summed E-state index contributed by atoms with van der Waals surface area (Å²) in [7, 11) is -3.92. The average molecular weight is 578 g/mol. The number of pyridine rings is 2. The SMILES string of the molecule is C/C=C/N=C(/C(F)=C/n1c(C)cc(C2CC2c2cncc(Cl)c2)c(Cl)c1=O)c1cccc(S(C)(=O)=O)c1F. The van der Waals surface area contributed by atoms with Crippen molar-refractivity contribution in [2.75, 3.05) is 6.26 Å². The van der Waals surface area contributed by atoms with Gasteiger partial charge in [0, 0.05) is 36.1 Å². The summed E-state index contributed by atoms with van der Waals surface area (Å²) in [6, 6.07) is 7.12. The molecule has 0 amide bonds. The molecule has 4 rings (SSSR count). The van der Waals surface area contributed by atoms with E-state index < -0.39 is 37.6 Å². The van der Waals surface area contributed by atoms with Gasteiger partial charge in [-0.25, -0.2) is 17.2 Å². The van der Waals surface area contributed by atoms with Crippen LogP contribution in [0.25, 0.3) is 6.20 Å². The van der Waals surface area contributed by atoms with Gasteiger partial charge in [0.1, 0.15) is 15.6 Å². The monoisotopic (exact) mass is 577 g/mol. The maximum atomic E-state index is 15.6. The first kappa shape index (κ1) is 27.9. The molecule has 0 saturated heterocycles. The van der Waals surface area contributed by atoms with Crippen molar-refractivity contribution in [3.8, 4) is 0 Å². The van der Waals surface area contributed by atoms with Crippen LogP contribution in [-0.2, 0) is 9.84 Å². The number of aryl methyl sites for hydroxylation is 1. The smallest absolute Gasteiger partial charge is 0.273 e. The largest absolute Gasteiger partial charge is 0.284 e. The van der Waals surface area contributed by atoms with Gasteiger partial charge in [-0.1, -0.05) is 35.3 Å². The van der Waals surface area contributed by atoms with Gasteiger partial charge in [0.25, 0.3) is 5.56 Å². The number of aliphatic imine (C=N–C) groups is 1. The van der Waals surface area contributed by atoms with Crippen LogP contribution in [0.3, 0.4) is 0 Å². The minimum absolute atomic E-state index is 0.0164. The van der Waals surface area contributed by atoms with E-state index in [1.54, 1.807) is 32.3 Å². The van der Waals surface area contributed by atoms with Crippen LogP contribution < -0.4 is 5.56 Å². The summed E-state index contributed by atoms with van der Waals surface area (Å²) in [6.45, 7) is 3.25. The lowest BCUT2D eigenvalue weighted by molar-refractivity contribution is 0.568. The molecule has 0 bridgehead atoms. The van der Waals surface area contributed by atoms with Gasteiger partial charge in [0.15, 0.2) is 21.5 Å². The van der Waals surface area contributed by atoms with E-state index in [0.29, 0.717) is 16.3 Å². The Hall–Kier alpha value is -3.14. The van der Waals surface area contributed by atoms with Crippen molar-refractivity contribution >= 4 is 45.0 Å². The van der Waals surface area contributed by atoms with Crippen molar-refractivity contribution in [1.29, 1.82) is 0 Å². The molecule has 2 heterocycles. The fraction of sp³-hybridized carbons (Fsp3) is 0.222. The minimum atomic E-state index is -3.92. The highest BCUT2D eigenvalue weighted by Crippen LogP contribution is 2.55. The van der Waals surface area contributed by atoms with Crippen LogP contribution in [0.2, 0.25) is 10.0 Å². The van der Waals surface area contributed by atoms with Crippen LogP contribution in [0.1, 0.15) is 47.6 Å². The number of hydrogen-bond acceptors (Lipinski definition) is 5. The summed E-state index contributed by atoms with van der Waals surface area (Å²) in [5.74, 6) is -2.12. The molecule has 198 valence electrons. The molecule has 1 aliphatic carbocycles. The maximum Gasteiger partial charge on any atom is 0.273 e. The van der Waals surface area contributed by atoms with Crippen molar-refractivity contribution in [1.82, 2.24) is 9.55 Å². The van der Waals surface area contributed by atoms with Gasteiger partial charge in [-0.3, -0.25) is 19.3 Å². The number of benzene rings is 1. The van der Waals surface area contributed by atoms with E-state index in [1.165, 1.54) is 24.4 Å². The first-order chi connectivity index (χ1) is 17.9. The minimum Gasteiger partial charge on any atom is -0.284 e. The predicted octanol–water partition coefficient (Wildman–Crippen LogP) is 6.46. The molecule has 2 unspecified atom stereocenters. The number of nitrogens with zero attached hydrogens (tertiary/aromatic N) is 3. The van der Waals surface area contributed by atoms with Crippen molar-refractivity contribution in [3.63, 3.8) is 0 Å². The Morgan fingerprint density at radius 3 is 2.61 bits per heavy atom. The topological polar surface area (TPSA) is 81.4 Å². The molecular weight excluding hydrogens is 555 g/mol. The molecule has 0 N–H and O–H groups in total. The molecule has 1 fully saturated rings. The Morgan fingerprint density at radius 1 is 1.21 bits per heavy atom. The average Bonchev–Trinajstić information content (AvgIpc) is 3.65. The second kappa shape index (κ2) is 10.9. The van der Waals surface area contributed by atoms with Gasteiger partial charge >= 0.3 is 0 Å². The Balaban J connectivity index is 1.75. The van der Waals surface area contributed by atoms with Crippen molar-refractivity contribution in [3.05, 3.63) is 109 Å². The first-order valence-electron chi connectivity index (χ1n) is 11.5. The van der Waals surface area contributed by atoms with Gasteiger partial charge < -0.3 is 0 Å². The summed E-state index contributed by atoms with van der Waals surface area (Å²) in [6.07, 6.45) is 8.47. The molecule has 2 atom stereocenters. The normalized spacial score (nSPS) is 18.3. The van der Waals surface area contributed by atoms with Gasteiger partial charge in [0.05, 0.1) is 11.2 Å². The summed E-state index contributed by atoms with van der Waals surface area (Å²) in [4.78, 5) is 20.7. The lowest BCUT2D eigenvalue weighted by atomic mass is 10.1. The summed E-state index contributed by atoms with van der Waals surface area (Å²) in [5, 5.41) is 0.458. The van der Waals surface area contributed by atoms with E-state index in [9.17, 15) is 13.2 Å². The molecule has 6 nitrogen and oxygen atoms in total. The van der Waals surface area contributed by atoms with E-state index in [2.05, 4.69) is 9.98 Å². The van der Waals surface area contributed by atoms with E-state index in [1.807, 2.05) is 6.07 Å². The maximum absolute atomic E-state index is 15.6. The fourth-order valence-corrected chi connectivity index (χ4v) is 5.51. The molecule has 0 spiro atoms. The number of rotatable bonds is 7. The molecule has 1 aliphatic rings. The Labute approximate surface area is 228 Å². The molecular formula is C27H23Cl2F2N3O3S. The molecule has 1 aromatic carbocycles. The van der Waals surface area contributed by atoms with Crippen molar-refractivity contribution in [2.24, 2.45) is 4.99 Å². The van der Waals surface area contributed by atoms with Gasteiger partial charge in [0.2, 0.25) is 0 Å². The highest BCUT2D eigenvalue weighted by molar-refractivity contribution is 7.90. The van der Waals surface area contributed by atoms with Crippen LogP contribution in [0.4, 0.5) is 8.78 Å². The van der Waals surface area contributed by atoms with Crippen LogP contribution >= 0.6 is 23.2 Å². The molecule has 0 aliphatic heterocycles. The van der Waals surface area contributed by atoms with E-state index in [-0.39, 0.29) is 22.4 Å². The molecule has 0 radical (unpaired) electrons. The van der Waals surface area contributed by atoms with Crippen molar-refractivity contribution in [2.45, 2.75) is 37.0 Å². The number of sulfone groups is 1. The number of allylic oxidation sites excluding steroid dienone is 2. The predicted molar refractivity (Wildman–Crippen MR) is 146 cm³/mol. The lowest BCUT2D eigenvalue weighted by Crippen LogP contribution is -2.21. The molecule has 11 heteroatoms. The fourth-order valence-electron chi connectivity index (χ4n) is 4.28. The molecule has 3 aromatic rings. The second-order valence-electron chi connectivity index (χ2n) is 8.94. The molecule has 1 saturated carbocycles. The zero-order chi connectivity index (χ0) is 27.8. The third kappa shape index (κ3) is 5.65. The van der Waals surface area contributed by atoms with Crippen LogP contribution in [0.15, 0.2) is 75.5 Å². The highest BCUT2D eigenvalue weighted by Gasteiger charge is 2.41. The lowest BCUT2D eigenvalue weighted by Gasteiger charge is -2.12. The first-order valence-corrected chi connectivity index (χ1v) is 14.2. The van der Waals surface area contributed by atoms with Crippen LogP contribution in [-0.4, -0.2) is 29.9 Å². The van der Waals surface area contributed by atoms with Crippen LogP contribution in [0, 0.1) is 12.7 Å².